The number of aryl methyl sites for hydroxylation is 2. The van der Waals surface area contributed by atoms with Crippen LogP contribution in [-0.2, 0) is 6.42 Å². The van der Waals surface area contributed by atoms with E-state index >= 15 is 0 Å². The molecule has 3 rings (SSSR count). The lowest BCUT2D eigenvalue weighted by Gasteiger charge is -2.20. The number of rotatable bonds is 6. The zero-order valence-corrected chi connectivity index (χ0v) is 13.8. The van der Waals surface area contributed by atoms with E-state index < -0.39 is 5.97 Å². The Morgan fingerprint density at radius 1 is 1.33 bits per heavy atom. The van der Waals surface area contributed by atoms with E-state index in [0.29, 0.717) is 18.1 Å². The quantitative estimate of drug-likeness (QED) is 0.847. The molecular formula is C19H21NO4. The molecule has 0 radical (unpaired) electrons. The number of benzene rings is 1. The standard InChI is InChI=1S/C19H21NO4/c1-3-15-14(19(22)23)10-16(24-15)18(21)20-17(12-8-9-12)13-7-5-4-6-11(13)2/h4-7,10,12,17H,3,8-9H2,1-2H3,(H,20,21)(H,22,23). The molecule has 126 valence electrons. The van der Waals surface area contributed by atoms with Gasteiger partial charge in [-0.3, -0.25) is 4.79 Å². The topological polar surface area (TPSA) is 79.5 Å². The monoisotopic (exact) mass is 327 g/mol. The molecule has 1 aromatic carbocycles. The van der Waals surface area contributed by atoms with Crippen molar-refractivity contribution in [2.75, 3.05) is 0 Å². The first-order valence-corrected chi connectivity index (χ1v) is 8.23. The van der Waals surface area contributed by atoms with Gasteiger partial charge in [0.15, 0.2) is 5.76 Å². The van der Waals surface area contributed by atoms with Crippen molar-refractivity contribution in [2.45, 2.75) is 39.2 Å². The molecule has 1 heterocycles. The van der Waals surface area contributed by atoms with Gasteiger partial charge in [0, 0.05) is 12.5 Å². The maximum Gasteiger partial charge on any atom is 0.339 e. The second kappa shape index (κ2) is 6.51. The summed E-state index contributed by atoms with van der Waals surface area (Å²) in [7, 11) is 0. The minimum absolute atomic E-state index is 0.0570. The molecule has 0 spiro atoms. The summed E-state index contributed by atoms with van der Waals surface area (Å²) >= 11 is 0. The van der Waals surface area contributed by atoms with Crippen LogP contribution in [-0.4, -0.2) is 17.0 Å². The molecule has 1 aliphatic carbocycles. The number of hydrogen-bond donors (Lipinski definition) is 2. The Morgan fingerprint density at radius 3 is 2.58 bits per heavy atom. The van der Waals surface area contributed by atoms with Crippen LogP contribution in [0.5, 0.6) is 0 Å². The van der Waals surface area contributed by atoms with E-state index in [0.717, 1.165) is 24.0 Å². The summed E-state index contributed by atoms with van der Waals surface area (Å²) in [6.07, 6.45) is 2.59. The molecular weight excluding hydrogens is 306 g/mol. The summed E-state index contributed by atoms with van der Waals surface area (Å²) in [6.45, 7) is 3.83. The van der Waals surface area contributed by atoms with Crippen molar-refractivity contribution in [1.82, 2.24) is 5.32 Å². The predicted octanol–water partition coefficient (Wildman–Crippen LogP) is 3.73. The maximum absolute atomic E-state index is 12.6. The fourth-order valence-corrected chi connectivity index (χ4v) is 3.01. The Kier molecular flexibility index (Phi) is 4.42. The number of carbonyl (C=O) groups excluding carboxylic acids is 1. The largest absolute Gasteiger partial charge is 0.478 e. The Hall–Kier alpha value is -2.56. The lowest BCUT2D eigenvalue weighted by molar-refractivity contribution is 0.0694. The van der Waals surface area contributed by atoms with Crippen molar-refractivity contribution < 1.29 is 19.1 Å². The summed E-state index contributed by atoms with van der Waals surface area (Å²) < 4.78 is 5.46. The minimum Gasteiger partial charge on any atom is -0.478 e. The highest BCUT2D eigenvalue weighted by atomic mass is 16.4. The summed E-state index contributed by atoms with van der Waals surface area (Å²) in [6, 6.07) is 9.25. The predicted molar refractivity (Wildman–Crippen MR) is 89.2 cm³/mol. The van der Waals surface area contributed by atoms with Gasteiger partial charge in [-0.05, 0) is 36.8 Å². The Bertz CT molecular complexity index is 773. The fourth-order valence-electron chi connectivity index (χ4n) is 3.01. The molecule has 1 atom stereocenters. The van der Waals surface area contributed by atoms with Gasteiger partial charge < -0.3 is 14.8 Å². The minimum atomic E-state index is -1.08. The van der Waals surface area contributed by atoms with E-state index in [1.807, 2.05) is 31.2 Å². The van der Waals surface area contributed by atoms with Crippen LogP contribution in [0.2, 0.25) is 0 Å². The van der Waals surface area contributed by atoms with E-state index in [1.54, 1.807) is 6.92 Å². The number of carboxylic acids is 1. The van der Waals surface area contributed by atoms with Gasteiger partial charge in [-0.1, -0.05) is 31.2 Å². The van der Waals surface area contributed by atoms with E-state index in [2.05, 4.69) is 5.32 Å². The number of hydrogen-bond acceptors (Lipinski definition) is 3. The van der Waals surface area contributed by atoms with Crippen LogP contribution in [0.3, 0.4) is 0 Å². The van der Waals surface area contributed by atoms with Gasteiger partial charge in [-0.15, -0.1) is 0 Å². The van der Waals surface area contributed by atoms with Crippen molar-refractivity contribution in [3.05, 3.63) is 58.5 Å². The van der Waals surface area contributed by atoms with Gasteiger partial charge in [0.2, 0.25) is 0 Å². The molecule has 0 aliphatic heterocycles. The van der Waals surface area contributed by atoms with Gasteiger partial charge in [-0.25, -0.2) is 4.79 Å². The second-order valence-corrected chi connectivity index (χ2v) is 6.25. The molecule has 0 bridgehead atoms. The third kappa shape index (κ3) is 3.20. The molecule has 1 aliphatic rings. The number of furan rings is 1. The number of carboxylic acid groups (broad SMARTS) is 1. The van der Waals surface area contributed by atoms with E-state index in [1.165, 1.54) is 6.07 Å². The third-order valence-electron chi connectivity index (χ3n) is 4.49. The third-order valence-corrected chi connectivity index (χ3v) is 4.49. The first-order valence-electron chi connectivity index (χ1n) is 8.23. The van der Waals surface area contributed by atoms with Crippen LogP contribution in [0, 0.1) is 12.8 Å². The normalized spacial score (nSPS) is 15.1. The average Bonchev–Trinajstić information content (AvgIpc) is 3.30. The zero-order chi connectivity index (χ0) is 17.3. The molecule has 0 saturated heterocycles. The smallest absolute Gasteiger partial charge is 0.339 e. The highest BCUT2D eigenvalue weighted by Crippen LogP contribution is 2.42. The molecule has 1 aromatic heterocycles. The Balaban J connectivity index is 1.85. The summed E-state index contributed by atoms with van der Waals surface area (Å²) in [5.41, 5.74) is 2.30. The molecule has 1 fully saturated rings. The molecule has 1 amide bonds. The second-order valence-electron chi connectivity index (χ2n) is 6.25. The van der Waals surface area contributed by atoms with E-state index in [-0.39, 0.29) is 23.3 Å². The number of amides is 1. The van der Waals surface area contributed by atoms with Crippen LogP contribution in [0.25, 0.3) is 0 Å². The Labute approximate surface area is 140 Å². The van der Waals surface area contributed by atoms with Crippen LogP contribution in [0.15, 0.2) is 34.7 Å². The molecule has 1 unspecified atom stereocenters. The first-order chi connectivity index (χ1) is 11.5. The molecule has 1 saturated carbocycles. The summed E-state index contributed by atoms with van der Waals surface area (Å²) in [4.78, 5) is 23.8. The highest BCUT2D eigenvalue weighted by Gasteiger charge is 2.35. The van der Waals surface area contributed by atoms with Crippen molar-refractivity contribution in [3.8, 4) is 0 Å². The van der Waals surface area contributed by atoms with Gasteiger partial charge >= 0.3 is 5.97 Å². The van der Waals surface area contributed by atoms with Crippen molar-refractivity contribution in [3.63, 3.8) is 0 Å². The molecule has 2 aromatic rings. The highest BCUT2D eigenvalue weighted by molar-refractivity contribution is 5.96. The molecule has 5 nitrogen and oxygen atoms in total. The van der Waals surface area contributed by atoms with Crippen LogP contribution in [0.1, 0.15) is 63.6 Å². The summed E-state index contributed by atoms with van der Waals surface area (Å²) in [5, 5.41) is 12.2. The van der Waals surface area contributed by atoms with Crippen LogP contribution < -0.4 is 5.32 Å². The molecule has 24 heavy (non-hydrogen) atoms. The van der Waals surface area contributed by atoms with E-state index in [9.17, 15) is 14.7 Å². The van der Waals surface area contributed by atoms with Crippen molar-refractivity contribution in [2.24, 2.45) is 5.92 Å². The van der Waals surface area contributed by atoms with Gasteiger partial charge in [0.05, 0.1) is 6.04 Å². The van der Waals surface area contributed by atoms with E-state index in [4.69, 9.17) is 4.42 Å². The van der Waals surface area contributed by atoms with Crippen LogP contribution >= 0.6 is 0 Å². The van der Waals surface area contributed by atoms with Gasteiger partial charge in [0.1, 0.15) is 11.3 Å². The maximum atomic E-state index is 12.6. The molecule has 2 N–H and O–H groups in total. The Morgan fingerprint density at radius 2 is 2.04 bits per heavy atom. The van der Waals surface area contributed by atoms with Crippen molar-refractivity contribution >= 4 is 11.9 Å². The number of aromatic carboxylic acids is 1. The number of nitrogens with one attached hydrogen (secondary N) is 1. The molecule has 5 heteroatoms. The van der Waals surface area contributed by atoms with Gasteiger partial charge in [-0.2, -0.15) is 0 Å². The number of carbonyl (C=O) groups is 2. The SMILES string of the molecule is CCc1oc(C(=O)NC(c2ccccc2C)C2CC2)cc1C(=O)O. The lowest BCUT2D eigenvalue weighted by atomic mass is 9.97. The zero-order valence-electron chi connectivity index (χ0n) is 13.8. The van der Waals surface area contributed by atoms with Crippen LogP contribution in [0.4, 0.5) is 0 Å². The first kappa shape index (κ1) is 16.3. The van der Waals surface area contributed by atoms with Crippen molar-refractivity contribution in [1.29, 1.82) is 0 Å². The lowest BCUT2D eigenvalue weighted by Crippen LogP contribution is -2.30. The van der Waals surface area contributed by atoms with Gasteiger partial charge in [0.25, 0.3) is 5.91 Å². The summed E-state index contributed by atoms with van der Waals surface area (Å²) in [5.74, 6) is -0.630. The fraction of sp³-hybridized carbons (Fsp3) is 0.368. The average molecular weight is 327 g/mol.